The molecule has 16 heavy (non-hydrogen) atoms. The summed E-state index contributed by atoms with van der Waals surface area (Å²) >= 11 is 0. The van der Waals surface area contributed by atoms with Gasteiger partial charge in [0.25, 0.3) is 0 Å². The van der Waals surface area contributed by atoms with Crippen molar-refractivity contribution in [2.45, 2.75) is 19.3 Å². The zero-order chi connectivity index (χ0) is 11.5. The molecular formula is C13H13NO2. The van der Waals surface area contributed by atoms with E-state index in [4.69, 9.17) is 5.11 Å². The number of fused-ring (bicyclic) bond motifs is 1. The van der Waals surface area contributed by atoms with Gasteiger partial charge in [0.15, 0.2) is 0 Å². The summed E-state index contributed by atoms with van der Waals surface area (Å²) in [6, 6.07) is 9.67. The van der Waals surface area contributed by atoms with Crippen LogP contribution in [-0.4, -0.2) is 16.1 Å². The van der Waals surface area contributed by atoms with Crippen molar-refractivity contribution in [3.05, 3.63) is 42.2 Å². The molecule has 0 bridgehead atoms. The number of carboxylic acid groups (broad SMARTS) is 1. The van der Waals surface area contributed by atoms with E-state index in [1.54, 1.807) is 6.20 Å². The predicted molar refractivity (Wildman–Crippen MR) is 62.4 cm³/mol. The predicted octanol–water partition coefficient (Wildman–Crippen LogP) is 2.81. The number of hydrogen-bond donors (Lipinski definition) is 1. The first-order valence-electron chi connectivity index (χ1n) is 5.30. The number of nitrogens with zero attached hydrogens (tertiary/aromatic N) is 1. The second kappa shape index (κ2) is 4.31. The third-order valence-electron chi connectivity index (χ3n) is 2.72. The molecule has 0 spiro atoms. The number of aromatic nitrogens is 1. The van der Waals surface area contributed by atoms with Gasteiger partial charge in [-0.1, -0.05) is 31.2 Å². The fraction of sp³-hybridized carbons (Fsp3) is 0.231. The number of pyridine rings is 1. The molecule has 0 aliphatic heterocycles. The van der Waals surface area contributed by atoms with Gasteiger partial charge < -0.3 is 5.11 Å². The Morgan fingerprint density at radius 2 is 2.06 bits per heavy atom. The van der Waals surface area contributed by atoms with Crippen LogP contribution in [0.1, 0.15) is 25.0 Å². The topological polar surface area (TPSA) is 50.2 Å². The van der Waals surface area contributed by atoms with Crippen molar-refractivity contribution in [3.8, 4) is 0 Å². The minimum Gasteiger partial charge on any atom is -0.481 e. The van der Waals surface area contributed by atoms with Crippen LogP contribution in [0.3, 0.4) is 0 Å². The quantitative estimate of drug-likeness (QED) is 0.856. The fourth-order valence-corrected chi connectivity index (χ4v) is 1.80. The molecule has 0 amide bonds. The van der Waals surface area contributed by atoms with Crippen molar-refractivity contribution in [1.82, 2.24) is 4.98 Å². The third kappa shape index (κ3) is 1.89. The van der Waals surface area contributed by atoms with Gasteiger partial charge in [0.1, 0.15) is 0 Å². The zero-order valence-electron chi connectivity index (χ0n) is 9.05. The van der Waals surface area contributed by atoms with E-state index < -0.39 is 11.9 Å². The van der Waals surface area contributed by atoms with Crippen LogP contribution in [0.5, 0.6) is 0 Å². The Balaban J connectivity index is 2.49. The van der Waals surface area contributed by atoms with Crippen LogP contribution in [0.2, 0.25) is 0 Å². The summed E-state index contributed by atoms with van der Waals surface area (Å²) in [6.45, 7) is 1.86. The van der Waals surface area contributed by atoms with Crippen molar-refractivity contribution < 1.29 is 9.90 Å². The SMILES string of the molecule is CCC(C(=O)O)c1cc2ccccc2cn1. The number of rotatable bonds is 3. The molecule has 0 saturated heterocycles. The van der Waals surface area contributed by atoms with E-state index in [-0.39, 0.29) is 0 Å². The van der Waals surface area contributed by atoms with Gasteiger partial charge in [0, 0.05) is 11.6 Å². The molecule has 0 aliphatic carbocycles. The molecular weight excluding hydrogens is 202 g/mol. The molecule has 1 atom stereocenters. The molecule has 3 nitrogen and oxygen atoms in total. The van der Waals surface area contributed by atoms with Crippen molar-refractivity contribution >= 4 is 16.7 Å². The summed E-state index contributed by atoms with van der Waals surface area (Å²) in [5.41, 5.74) is 0.633. The zero-order valence-corrected chi connectivity index (χ0v) is 9.05. The van der Waals surface area contributed by atoms with Crippen molar-refractivity contribution in [2.24, 2.45) is 0 Å². The van der Waals surface area contributed by atoms with Gasteiger partial charge in [-0.3, -0.25) is 9.78 Å². The van der Waals surface area contributed by atoms with Gasteiger partial charge in [-0.2, -0.15) is 0 Å². The Hall–Kier alpha value is -1.90. The smallest absolute Gasteiger partial charge is 0.312 e. The number of carbonyl (C=O) groups is 1. The third-order valence-corrected chi connectivity index (χ3v) is 2.72. The van der Waals surface area contributed by atoms with Gasteiger partial charge in [0.05, 0.1) is 11.6 Å². The minimum absolute atomic E-state index is 0.510. The molecule has 0 aliphatic rings. The molecule has 0 saturated carbocycles. The molecule has 1 aromatic heterocycles. The van der Waals surface area contributed by atoms with Gasteiger partial charge in [-0.25, -0.2) is 0 Å². The Morgan fingerprint density at radius 3 is 2.69 bits per heavy atom. The highest BCUT2D eigenvalue weighted by Gasteiger charge is 2.18. The lowest BCUT2D eigenvalue weighted by Crippen LogP contribution is -2.11. The average molecular weight is 215 g/mol. The van der Waals surface area contributed by atoms with E-state index in [0.717, 1.165) is 10.8 Å². The number of carboxylic acids is 1. The summed E-state index contributed by atoms with van der Waals surface area (Å²) < 4.78 is 0. The van der Waals surface area contributed by atoms with Crippen molar-refractivity contribution in [1.29, 1.82) is 0 Å². The number of aliphatic carboxylic acids is 1. The monoisotopic (exact) mass is 215 g/mol. The molecule has 82 valence electrons. The average Bonchev–Trinajstić information content (AvgIpc) is 2.29. The first kappa shape index (κ1) is 10.6. The second-order valence-electron chi connectivity index (χ2n) is 3.76. The first-order valence-corrected chi connectivity index (χ1v) is 5.30. The summed E-state index contributed by atoms with van der Waals surface area (Å²) in [7, 11) is 0. The lowest BCUT2D eigenvalue weighted by molar-refractivity contribution is -0.138. The Morgan fingerprint density at radius 1 is 1.38 bits per heavy atom. The molecule has 2 aromatic rings. The van der Waals surface area contributed by atoms with Crippen molar-refractivity contribution in [3.63, 3.8) is 0 Å². The Labute approximate surface area is 93.7 Å². The van der Waals surface area contributed by atoms with Crippen LogP contribution in [0.15, 0.2) is 36.5 Å². The van der Waals surface area contributed by atoms with Crippen LogP contribution in [0.4, 0.5) is 0 Å². The molecule has 1 unspecified atom stereocenters. The maximum atomic E-state index is 11.0. The largest absolute Gasteiger partial charge is 0.481 e. The molecule has 1 heterocycles. The van der Waals surface area contributed by atoms with Crippen molar-refractivity contribution in [2.75, 3.05) is 0 Å². The first-order chi connectivity index (χ1) is 7.72. The Bertz CT molecular complexity index is 522. The highest BCUT2D eigenvalue weighted by Crippen LogP contribution is 2.21. The van der Waals surface area contributed by atoms with Crippen LogP contribution in [0.25, 0.3) is 10.8 Å². The second-order valence-corrected chi connectivity index (χ2v) is 3.76. The van der Waals surface area contributed by atoms with Gasteiger partial charge in [-0.05, 0) is 17.9 Å². The highest BCUT2D eigenvalue weighted by molar-refractivity contribution is 5.83. The lowest BCUT2D eigenvalue weighted by atomic mass is 10.0. The number of hydrogen-bond acceptors (Lipinski definition) is 2. The van der Waals surface area contributed by atoms with Crippen LogP contribution >= 0.6 is 0 Å². The fourth-order valence-electron chi connectivity index (χ4n) is 1.80. The normalized spacial score (nSPS) is 12.6. The molecule has 0 radical (unpaired) electrons. The van der Waals surface area contributed by atoms with E-state index in [9.17, 15) is 4.79 Å². The summed E-state index contributed by atoms with van der Waals surface area (Å²) in [6.07, 6.45) is 2.29. The molecule has 1 N–H and O–H groups in total. The minimum atomic E-state index is -0.815. The van der Waals surface area contributed by atoms with Gasteiger partial charge in [-0.15, -0.1) is 0 Å². The highest BCUT2D eigenvalue weighted by atomic mass is 16.4. The maximum absolute atomic E-state index is 11.0. The lowest BCUT2D eigenvalue weighted by Gasteiger charge is -2.09. The van der Waals surface area contributed by atoms with Crippen LogP contribution < -0.4 is 0 Å². The maximum Gasteiger partial charge on any atom is 0.312 e. The van der Waals surface area contributed by atoms with Crippen LogP contribution in [0, 0.1) is 0 Å². The van der Waals surface area contributed by atoms with E-state index in [0.29, 0.717) is 12.1 Å². The number of benzene rings is 1. The van der Waals surface area contributed by atoms with E-state index in [1.165, 1.54) is 0 Å². The molecule has 1 aromatic carbocycles. The molecule has 2 rings (SSSR count). The summed E-state index contributed by atoms with van der Waals surface area (Å²) in [5, 5.41) is 11.1. The standard InChI is InChI=1S/C13H13NO2/c1-2-11(13(15)16)12-7-9-5-3-4-6-10(9)8-14-12/h3-8,11H,2H2,1H3,(H,15,16). The van der Waals surface area contributed by atoms with Crippen LogP contribution in [-0.2, 0) is 4.79 Å². The van der Waals surface area contributed by atoms with E-state index >= 15 is 0 Å². The van der Waals surface area contributed by atoms with Gasteiger partial charge >= 0.3 is 5.97 Å². The summed E-state index contributed by atoms with van der Waals surface area (Å²) in [4.78, 5) is 15.2. The Kier molecular flexibility index (Phi) is 2.86. The van der Waals surface area contributed by atoms with E-state index in [2.05, 4.69) is 4.98 Å². The van der Waals surface area contributed by atoms with E-state index in [1.807, 2.05) is 37.3 Å². The molecule has 0 fully saturated rings. The van der Waals surface area contributed by atoms with Gasteiger partial charge in [0.2, 0.25) is 0 Å². The molecule has 3 heteroatoms. The summed E-state index contributed by atoms with van der Waals surface area (Å²) in [5.74, 6) is -1.32.